The highest BCUT2D eigenvalue weighted by atomic mass is 16.8. The van der Waals surface area contributed by atoms with Crippen molar-refractivity contribution in [2.75, 3.05) is 26.4 Å². The predicted octanol–water partition coefficient (Wildman–Crippen LogP) is 16.7. The van der Waals surface area contributed by atoms with Gasteiger partial charge in [-0.05, 0) is 64.2 Å². The van der Waals surface area contributed by atoms with E-state index in [2.05, 4.69) is 92.1 Å². The van der Waals surface area contributed by atoms with E-state index in [4.69, 9.17) is 28.4 Å². The average molecular weight is 1550 g/mol. The van der Waals surface area contributed by atoms with Gasteiger partial charge in [0.15, 0.2) is 18.9 Å². The van der Waals surface area contributed by atoms with Crippen molar-refractivity contribution < 1.29 is 89.4 Å². The van der Waals surface area contributed by atoms with Gasteiger partial charge in [0.05, 0.1) is 38.6 Å². The molecule has 12 N–H and O–H groups in total. The molecule has 0 radical (unpaired) electrons. The Bertz CT molecular complexity index is 2250. The van der Waals surface area contributed by atoms with E-state index in [-0.39, 0.29) is 18.9 Å². The number of unbranched alkanes of at least 4 members (excludes halogenated alkanes) is 44. The van der Waals surface area contributed by atoms with Crippen LogP contribution in [0.25, 0.3) is 0 Å². The Morgan fingerprint density at radius 2 is 0.633 bits per heavy atom. The number of amides is 1. The van der Waals surface area contributed by atoms with Crippen molar-refractivity contribution in [3.05, 3.63) is 72.9 Å². The van der Waals surface area contributed by atoms with Gasteiger partial charge in [-0.3, -0.25) is 4.79 Å². The standard InChI is InChI=1S/C90H163NO18/c1-3-5-7-9-11-13-15-17-19-21-23-25-27-29-30-31-32-33-34-35-36-37-38-39-40-41-42-44-46-48-50-52-54-56-58-60-62-64-66-68-78(96)91-73(74(95)67-65-63-61-59-57-55-53-51-49-47-45-43-28-26-24-22-20-18-16-14-12-10-8-6-4-2)72-104-88-84(102)81(99)86(76(70-93)106-88)109-90-85(103)82(100)87(77(71-94)107-90)108-89-83(101)80(98)79(97)75(69-92)105-89/h5,7,11,13,17,19,23,25,29-30,32-33,73-77,79-90,92-95,97-103H,3-4,6,8-10,12,14-16,18,20-22,24,26-28,31,34-72H2,1-2H3,(H,91,96)/b7-5-,13-11-,19-17-,25-23-,30-29-,33-32-. The molecule has 0 saturated carbocycles. The topological polar surface area (TPSA) is 307 Å². The first kappa shape index (κ1) is 100. The molecule has 0 aromatic heterocycles. The van der Waals surface area contributed by atoms with Crippen molar-refractivity contribution in [3.8, 4) is 0 Å². The van der Waals surface area contributed by atoms with Crippen LogP contribution in [0.4, 0.5) is 0 Å². The molecule has 3 heterocycles. The smallest absolute Gasteiger partial charge is 0.220 e. The molecule has 3 saturated heterocycles. The molecule has 3 rings (SSSR count). The van der Waals surface area contributed by atoms with Gasteiger partial charge in [0.2, 0.25) is 5.91 Å². The number of allylic oxidation sites excluding steroid dienone is 12. The lowest BCUT2D eigenvalue weighted by Crippen LogP contribution is -2.66. The van der Waals surface area contributed by atoms with Crippen LogP contribution in [-0.2, 0) is 33.2 Å². The summed E-state index contributed by atoms with van der Waals surface area (Å²) >= 11 is 0. The van der Waals surface area contributed by atoms with E-state index in [1.165, 1.54) is 244 Å². The molecule has 17 unspecified atom stereocenters. The summed E-state index contributed by atoms with van der Waals surface area (Å²) < 4.78 is 34.6. The number of ether oxygens (including phenoxy) is 6. The number of aliphatic hydroxyl groups is 11. The second-order valence-corrected chi connectivity index (χ2v) is 31.7. The molecule has 0 aromatic rings. The number of hydrogen-bond acceptors (Lipinski definition) is 18. The third kappa shape index (κ3) is 48.4. The number of aliphatic hydroxyl groups excluding tert-OH is 11. The average Bonchev–Trinajstić information content (AvgIpc) is 0.759. The highest BCUT2D eigenvalue weighted by Crippen LogP contribution is 2.34. The number of nitrogens with one attached hydrogen (secondary N) is 1. The Morgan fingerprint density at radius 3 is 0.991 bits per heavy atom. The minimum Gasteiger partial charge on any atom is -0.394 e. The lowest BCUT2D eigenvalue weighted by atomic mass is 9.96. The molecule has 636 valence electrons. The lowest BCUT2D eigenvalue weighted by molar-refractivity contribution is -0.379. The van der Waals surface area contributed by atoms with Gasteiger partial charge in [-0.2, -0.15) is 0 Å². The van der Waals surface area contributed by atoms with E-state index in [1.807, 2.05) is 0 Å². The normalized spacial score (nSPS) is 25.6. The minimum absolute atomic E-state index is 0.237. The van der Waals surface area contributed by atoms with Gasteiger partial charge in [-0.15, -0.1) is 0 Å². The van der Waals surface area contributed by atoms with E-state index in [0.717, 1.165) is 83.5 Å². The van der Waals surface area contributed by atoms with E-state index >= 15 is 0 Å². The highest BCUT2D eigenvalue weighted by Gasteiger charge is 2.54. The first-order valence-corrected chi connectivity index (χ1v) is 44.7. The summed E-state index contributed by atoms with van der Waals surface area (Å²) in [6, 6.07) is -0.890. The molecule has 109 heavy (non-hydrogen) atoms. The Morgan fingerprint density at radius 1 is 0.339 bits per heavy atom. The molecule has 1 amide bonds. The molecule has 0 aliphatic carbocycles. The highest BCUT2D eigenvalue weighted by molar-refractivity contribution is 5.76. The van der Waals surface area contributed by atoms with Crippen LogP contribution in [-0.4, -0.2) is 193 Å². The molecule has 0 aromatic carbocycles. The molecular weight excluding hydrogens is 1380 g/mol. The molecule has 19 nitrogen and oxygen atoms in total. The Balaban J connectivity index is 1.30. The summed E-state index contributed by atoms with van der Waals surface area (Å²) in [5.74, 6) is -0.237. The van der Waals surface area contributed by atoms with Crippen LogP contribution in [0.2, 0.25) is 0 Å². The maximum absolute atomic E-state index is 13.5. The number of carbonyl (C=O) groups is 1. The van der Waals surface area contributed by atoms with E-state index in [9.17, 15) is 61.0 Å². The van der Waals surface area contributed by atoms with E-state index in [0.29, 0.717) is 12.8 Å². The largest absolute Gasteiger partial charge is 0.394 e. The van der Waals surface area contributed by atoms with Crippen molar-refractivity contribution in [2.24, 2.45) is 0 Å². The fourth-order valence-corrected chi connectivity index (χ4v) is 15.0. The second-order valence-electron chi connectivity index (χ2n) is 31.7. The van der Waals surface area contributed by atoms with Crippen LogP contribution in [0, 0.1) is 0 Å². The summed E-state index contributed by atoms with van der Waals surface area (Å²) in [4.78, 5) is 13.5. The molecular formula is C90H163NO18. The zero-order valence-electron chi connectivity index (χ0n) is 68.5. The van der Waals surface area contributed by atoms with Gasteiger partial charge in [0.25, 0.3) is 0 Å². The van der Waals surface area contributed by atoms with Gasteiger partial charge >= 0.3 is 0 Å². The third-order valence-corrected chi connectivity index (χ3v) is 22.0. The molecule has 0 spiro atoms. The maximum atomic E-state index is 13.5. The van der Waals surface area contributed by atoms with E-state index in [1.54, 1.807) is 0 Å². The molecule has 19 heteroatoms. The van der Waals surface area contributed by atoms with Crippen LogP contribution in [0.1, 0.15) is 361 Å². The zero-order chi connectivity index (χ0) is 78.8. The molecule has 3 fully saturated rings. The SMILES string of the molecule is CC/C=C\C/C=C\C/C=C\C/C=C\C/C=C\C/C=C\CCCCCCCCCCCCCCCCCCCCCCC(=O)NC(COC1OC(CO)C(OC2OC(CO)C(OC3OC(CO)C(O)C(O)C3O)C(O)C2O)C(O)C1O)C(O)CCCCCCCCCCCCCCCCCCCCCCCCCCC. The van der Waals surface area contributed by atoms with Crippen LogP contribution < -0.4 is 5.32 Å². The van der Waals surface area contributed by atoms with Crippen LogP contribution in [0.5, 0.6) is 0 Å². The molecule has 0 bridgehead atoms. The van der Waals surface area contributed by atoms with Gasteiger partial charge in [0, 0.05) is 6.42 Å². The molecule has 3 aliphatic heterocycles. The summed E-state index contributed by atoms with van der Waals surface area (Å²) in [6.07, 6.45) is 65.8. The zero-order valence-corrected chi connectivity index (χ0v) is 68.5. The van der Waals surface area contributed by atoms with Crippen LogP contribution >= 0.6 is 0 Å². The van der Waals surface area contributed by atoms with Crippen molar-refractivity contribution in [2.45, 2.75) is 465 Å². The summed E-state index contributed by atoms with van der Waals surface area (Å²) in [5, 5.41) is 121. The third-order valence-electron chi connectivity index (χ3n) is 22.0. The lowest BCUT2D eigenvalue weighted by Gasteiger charge is -2.48. The first-order chi connectivity index (χ1) is 53.3. The number of carbonyl (C=O) groups excluding carboxylic acids is 1. The maximum Gasteiger partial charge on any atom is 0.220 e. The van der Waals surface area contributed by atoms with Gasteiger partial charge in [-0.1, -0.05) is 363 Å². The quantitative estimate of drug-likeness (QED) is 0.0199. The second kappa shape index (κ2) is 69.5. The van der Waals surface area contributed by atoms with Gasteiger partial charge in [0.1, 0.15) is 73.2 Å². The van der Waals surface area contributed by atoms with Gasteiger partial charge < -0.3 is 89.9 Å². The van der Waals surface area contributed by atoms with Crippen molar-refractivity contribution >= 4 is 5.91 Å². The first-order valence-electron chi connectivity index (χ1n) is 44.7. The van der Waals surface area contributed by atoms with Crippen LogP contribution in [0.15, 0.2) is 72.9 Å². The Labute approximate surface area is 661 Å². The van der Waals surface area contributed by atoms with Crippen molar-refractivity contribution in [3.63, 3.8) is 0 Å². The number of rotatable bonds is 72. The Kier molecular flexibility index (Phi) is 64.1. The Hall–Kier alpha value is -2.77. The van der Waals surface area contributed by atoms with Gasteiger partial charge in [-0.25, -0.2) is 0 Å². The summed E-state index contributed by atoms with van der Waals surface area (Å²) in [6.45, 7) is 1.74. The molecule has 3 aliphatic rings. The predicted molar refractivity (Wildman–Crippen MR) is 438 cm³/mol. The minimum atomic E-state index is -1.97. The molecule has 17 atom stereocenters. The fourth-order valence-electron chi connectivity index (χ4n) is 15.0. The number of hydrogen-bond donors (Lipinski definition) is 12. The fraction of sp³-hybridized carbons (Fsp3) is 0.856. The van der Waals surface area contributed by atoms with Crippen molar-refractivity contribution in [1.82, 2.24) is 5.32 Å². The van der Waals surface area contributed by atoms with Crippen LogP contribution in [0.3, 0.4) is 0 Å². The van der Waals surface area contributed by atoms with E-state index < -0.39 is 124 Å². The monoisotopic (exact) mass is 1550 g/mol. The summed E-state index contributed by atoms with van der Waals surface area (Å²) in [7, 11) is 0. The summed E-state index contributed by atoms with van der Waals surface area (Å²) in [5.41, 5.74) is 0. The van der Waals surface area contributed by atoms with Crippen molar-refractivity contribution in [1.29, 1.82) is 0 Å².